The minimum absolute atomic E-state index is 0.0904. The molecule has 4 nitrogen and oxygen atoms in total. The second-order valence-corrected chi connectivity index (χ2v) is 9.87. The monoisotopic (exact) mass is 510 g/mol. The molecule has 0 amide bonds. The Kier molecular flexibility index (Phi) is 8.25. The van der Waals surface area contributed by atoms with Crippen molar-refractivity contribution in [1.29, 1.82) is 0 Å². The number of benzene rings is 4. The molecule has 0 saturated heterocycles. The third-order valence-electron chi connectivity index (χ3n) is 7.37. The van der Waals surface area contributed by atoms with Crippen molar-refractivity contribution in [3.05, 3.63) is 125 Å². The molecule has 0 aromatic heterocycles. The van der Waals surface area contributed by atoms with Gasteiger partial charge in [0.05, 0.1) is 6.04 Å². The van der Waals surface area contributed by atoms with Gasteiger partial charge < -0.3 is 14.7 Å². The maximum absolute atomic E-state index is 13.6. The molecule has 0 fully saturated rings. The fraction of sp³-hybridized carbons (Fsp3) is 0.273. The second-order valence-electron chi connectivity index (χ2n) is 9.87. The average Bonchev–Trinajstić information content (AvgIpc) is 2.94. The van der Waals surface area contributed by atoms with E-state index in [1.807, 2.05) is 42.5 Å². The molecule has 1 atom stereocenters. The molecular weight excluding hydrogens is 475 g/mol. The van der Waals surface area contributed by atoms with Crippen molar-refractivity contribution in [2.24, 2.45) is 0 Å². The van der Waals surface area contributed by atoms with Gasteiger partial charge in [-0.3, -0.25) is 4.90 Å². The number of phenols is 1. The number of halogens is 1. The lowest BCUT2D eigenvalue weighted by Gasteiger charge is -2.39. The van der Waals surface area contributed by atoms with E-state index >= 15 is 0 Å². The van der Waals surface area contributed by atoms with Crippen LogP contribution in [0.2, 0.25) is 0 Å². The number of fused-ring (bicyclic) bond motifs is 1. The molecule has 1 unspecified atom stereocenters. The highest BCUT2D eigenvalue weighted by Gasteiger charge is 2.28. The number of nitrogens with zero attached hydrogens (tertiary/aromatic N) is 2. The first-order valence-corrected chi connectivity index (χ1v) is 13.4. The SMILES string of the molecule is CCN(CCOc1ccc(CC2c3ccc(O)cc3CCN2c2ccc(F)cc2)cc1)Cc1ccccc1. The van der Waals surface area contributed by atoms with E-state index in [2.05, 4.69) is 53.1 Å². The van der Waals surface area contributed by atoms with Crippen LogP contribution in [-0.4, -0.2) is 36.2 Å². The van der Waals surface area contributed by atoms with Crippen molar-refractivity contribution in [2.75, 3.05) is 31.1 Å². The van der Waals surface area contributed by atoms with Crippen LogP contribution in [0, 0.1) is 5.82 Å². The van der Waals surface area contributed by atoms with Crippen LogP contribution in [-0.2, 0) is 19.4 Å². The standard InChI is InChI=1S/C33H35FN2O2/c1-2-35(24-26-6-4-3-5-7-26)20-21-38-31-15-8-25(9-16-31)22-33-32-17-14-30(37)23-27(32)18-19-36(33)29-12-10-28(34)11-13-29/h3-17,23,33,37H,2,18-22,24H2,1H3. The van der Waals surface area contributed by atoms with Crippen LogP contribution in [0.1, 0.15) is 35.2 Å². The fourth-order valence-electron chi connectivity index (χ4n) is 5.29. The first-order chi connectivity index (χ1) is 18.6. The van der Waals surface area contributed by atoms with Crippen molar-refractivity contribution in [2.45, 2.75) is 32.4 Å². The Morgan fingerprint density at radius 3 is 2.42 bits per heavy atom. The maximum atomic E-state index is 13.6. The van der Waals surface area contributed by atoms with Crippen molar-refractivity contribution in [3.63, 3.8) is 0 Å². The summed E-state index contributed by atoms with van der Waals surface area (Å²) in [4.78, 5) is 4.72. The van der Waals surface area contributed by atoms with E-state index in [-0.39, 0.29) is 11.9 Å². The van der Waals surface area contributed by atoms with E-state index in [0.29, 0.717) is 12.4 Å². The van der Waals surface area contributed by atoms with Gasteiger partial charge in [-0.15, -0.1) is 0 Å². The number of hydrogen-bond donors (Lipinski definition) is 1. The number of hydrogen-bond acceptors (Lipinski definition) is 4. The highest BCUT2D eigenvalue weighted by atomic mass is 19.1. The molecule has 1 N–H and O–H groups in total. The number of ether oxygens (including phenoxy) is 1. The lowest BCUT2D eigenvalue weighted by atomic mass is 9.88. The lowest BCUT2D eigenvalue weighted by molar-refractivity contribution is 0.210. The van der Waals surface area contributed by atoms with Gasteiger partial charge in [-0.25, -0.2) is 4.39 Å². The van der Waals surface area contributed by atoms with Crippen LogP contribution in [0.25, 0.3) is 0 Å². The summed E-state index contributed by atoms with van der Waals surface area (Å²) < 4.78 is 19.7. The largest absolute Gasteiger partial charge is 0.508 e. The Labute approximate surface area is 224 Å². The molecule has 5 heteroatoms. The van der Waals surface area contributed by atoms with Gasteiger partial charge in [0.2, 0.25) is 0 Å². The van der Waals surface area contributed by atoms with Crippen molar-refractivity contribution < 1.29 is 14.2 Å². The van der Waals surface area contributed by atoms with Crippen LogP contribution in [0.5, 0.6) is 11.5 Å². The summed E-state index contributed by atoms with van der Waals surface area (Å²) in [6, 6.07) is 31.4. The molecule has 0 radical (unpaired) electrons. The fourth-order valence-corrected chi connectivity index (χ4v) is 5.29. The van der Waals surface area contributed by atoms with E-state index in [9.17, 15) is 9.50 Å². The van der Waals surface area contributed by atoms with E-state index in [1.165, 1.54) is 34.4 Å². The quantitative estimate of drug-likeness (QED) is 0.255. The van der Waals surface area contributed by atoms with Crippen LogP contribution < -0.4 is 9.64 Å². The van der Waals surface area contributed by atoms with Crippen LogP contribution in [0.15, 0.2) is 97.1 Å². The van der Waals surface area contributed by atoms with E-state index in [0.717, 1.165) is 50.5 Å². The van der Waals surface area contributed by atoms with Crippen LogP contribution in [0.4, 0.5) is 10.1 Å². The zero-order chi connectivity index (χ0) is 26.3. The molecule has 196 valence electrons. The molecule has 0 aliphatic carbocycles. The molecule has 5 rings (SSSR count). The molecular formula is C33H35FN2O2. The maximum Gasteiger partial charge on any atom is 0.123 e. The first-order valence-electron chi connectivity index (χ1n) is 13.4. The Hall–Kier alpha value is -3.83. The van der Waals surface area contributed by atoms with Crippen LogP contribution in [0.3, 0.4) is 0 Å². The van der Waals surface area contributed by atoms with E-state index in [4.69, 9.17) is 4.74 Å². The highest BCUT2D eigenvalue weighted by Crippen LogP contribution is 2.37. The summed E-state index contributed by atoms with van der Waals surface area (Å²) in [6.07, 6.45) is 1.64. The minimum atomic E-state index is -0.231. The Morgan fingerprint density at radius 2 is 1.68 bits per heavy atom. The third-order valence-corrected chi connectivity index (χ3v) is 7.37. The van der Waals surface area contributed by atoms with Gasteiger partial charge in [-0.1, -0.05) is 55.5 Å². The molecule has 1 aliphatic heterocycles. The Bertz CT molecular complexity index is 1310. The molecule has 38 heavy (non-hydrogen) atoms. The molecule has 0 saturated carbocycles. The zero-order valence-electron chi connectivity index (χ0n) is 21.9. The summed E-state index contributed by atoms with van der Waals surface area (Å²) in [6.45, 7) is 6.39. The van der Waals surface area contributed by atoms with E-state index < -0.39 is 0 Å². The summed E-state index contributed by atoms with van der Waals surface area (Å²) in [7, 11) is 0. The van der Waals surface area contributed by atoms with Gasteiger partial charge >= 0.3 is 0 Å². The first kappa shape index (κ1) is 25.8. The molecule has 0 spiro atoms. The predicted molar refractivity (Wildman–Crippen MR) is 151 cm³/mol. The molecule has 1 aliphatic rings. The van der Waals surface area contributed by atoms with Gasteiger partial charge in [0.25, 0.3) is 0 Å². The number of aromatic hydroxyl groups is 1. The van der Waals surface area contributed by atoms with Gasteiger partial charge in [0.15, 0.2) is 0 Å². The smallest absolute Gasteiger partial charge is 0.123 e. The van der Waals surface area contributed by atoms with Crippen LogP contribution >= 0.6 is 0 Å². The summed E-state index contributed by atoms with van der Waals surface area (Å²) >= 11 is 0. The van der Waals surface area contributed by atoms with Gasteiger partial charge in [0, 0.05) is 25.3 Å². The van der Waals surface area contributed by atoms with Crippen molar-refractivity contribution >= 4 is 5.69 Å². The molecule has 4 aromatic carbocycles. The number of likely N-dealkylation sites (N-methyl/N-ethyl adjacent to an activating group) is 1. The molecule has 4 aromatic rings. The van der Waals surface area contributed by atoms with Gasteiger partial charge in [0.1, 0.15) is 23.9 Å². The highest BCUT2D eigenvalue weighted by molar-refractivity contribution is 5.53. The minimum Gasteiger partial charge on any atom is -0.508 e. The van der Waals surface area contributed by atoms with Gasteiger partial charge in [-0.2, -0.15) is 0 Å². The topological polar surface area (TPSA) is 35.9 Å². The van der Waals surface area contributed by atoms with Gasteiger partial charge in [-0.05, 0) is 90.2 Å². The normalized spacial score (nSPS) is 14.9. The third kappa shape index (κ3) is 6.35. The average molecular weight is 511 g/mol. The lowest BCUT2D eigenvalue weighted by Crippen LogP contribution is -2.36. The van der Waals surface area contributed by atoms with Crippen molar-refractivity contribution in [3.8, 4) is 11.5 Å². The molecule has 0 bridgehead atoms. The molecule has 1 heterocycles. The Morgan fingerprint density at radius 1 is 0.921 bits per heavy atom. The summed E-state index contributed by atoms with van der Waals surface area (Å²) in [5, 5.41) is 10.0. The zero-order valence-corrected chi connectivity index (χ0v) is 21.9. The summed E-state index contributed by atoms with van der Waals surface area (Å²) in [5.74, 6) is 0.934. The number of rotatable bonds is 10. The Balaban J connectivity index is 1.24. The van der Waals surface area contributed by atoms with Crippen molar-refractivity contribution in [1.82, 2.24) is 4.90 Å². The second kappa shape index (κ2) is 12.1. The number of anilines is 1. The number of phenolic OH excluding ortho intramolecular Hbond substituents is 1. The van der Waals surface area contributed by atoms with E-state index in [1.54, 1.807) is 6.07 Å². The summed E-state index contributed by atoms with van der Waals surface area (Å²) in [5.41, 5.74) is 5.90. The predicted octanol–water partition coefficient (Wildman–Crippen LogP) is 6.78.